The molecule has 0 radical (unpaired) electrons. The van der Waals surface area contributed by atoms with Crippen LogP contribution in [-0.2, 0) is 17.6 Å². The van der Waals surface area contributed by atoms with Crippen molar-refractivity contribution in [3.63, 3.8) is 0 Å². The molecule has 1 amide bonds. The van der Waals surface area contributed by atoms with Crippen LogP contribution < -0.4 is 10.6 Å². The van der Waals surface area contributed by atoms with Gasteiger partial charge in [0.2, 0.25) is 5.91 Å². The van der Waals surface area contributed by atoms with Crippen molar-refractivity contribution in [1.82, 2.24) is 15.3 Å². The molecule has 6 heteroatoms. The lowest BCUT2D eigenvalue weighted by molar-refractivity contribution is -0.121. The van der Waals surface area contributed by atoms with Crippen molar-refractivity contribution in [1.29, 1.82) is 0 Å². The van der Waals surface area contributed by atoms with Crippen LogP contribution in [0.3, 0.4) is 0 Å². The summed E-state index contributed by atoms with van der Waals surface area (Å²) in [5.74, 6) is 0.0431. The summed E-state index contributed by atoms with van der Waals surface area (Å²) in [6.07, 6.45) is 5.03. The number of carbonyl (C=O) groups excluding carboxylic acids is 1. The number of nitrogens with zero attached hydrogens (tertiary/aromatic N) is 2. The largest absolute Gasteiger partial charge is 0.373 e. The monoisotopic (exact) mass is 364 g/mol. The fourth-order valence-corrected chi connectivity index (χ4v) is 3.97. The standard InChI is InChI=1S/C20H20N4OS/c1-13-4-5-17-15(9-13)10-18(24-17)19(25)22-8-6-16-12-26-20(23-16)14-3-2-7-21-11-14/h2-5,7,9,11-12,18,24H,6,8,10H2,1H3,(H,22,25)/t18-/m0/s1. The topological polar surface area (TPSA) is 66.9 Å². The number of hydrogen-bond acceptors (Lipinski definition) is 5. The van der Waals surface area contributed by atoms with Crippen LogP contribution in [0.25, 0.3) is 10.6 Å². The molecule has 5 nitrogen and oxygen atoms in total. The number of anilines is 1. The number of thiazole rings is 1. The van der Waals surface area contributed by atoms with Crippen molar-refractivity contribution in [2.24, 2.45) is 0 Å². The number of aromatic nitrogens is 2. The summed E-state index contributed by atoms with van der Waals surface area (Å²) < 4.78 is 0. The maximum Gasteiger partial charge on any atom is 0.242 e. The Labute approximate surface area is 156 Å². The average Bonchev–Trinajstić information content (AvgIpc) is 3.29. The molecule has 0 fully saturated rings. The van der Waals surface area contributed by atoms with Gasteiger partial charge in [0.15, 0.2) is 0 Å². The minimum atomic E-state index is -0.187. The summed E-state index contributed by atoms with van der Waals surface area (Å²) in [6, 6.07) is 9.98. The Hall–Kier alpha value is -2.73. The van der Waals surface area contributed by atoms with E-state index in [9.17, 15) is 4.79 Å². The highest BCUT2D eigenvalue weighted by molar-refractivity contribution is 7.13. The lowest BCUT2D eigenvalue weighted by atomic mass is 10.1. The van der Waals surface area contributed by atoms with Gasteiger partial charge in [-0.2, -0.15) is 0 Å². The minimum Gasteiger partial charge on any atom is -0.373 e. The van der Waals surface area contributed by atoms with Gasteiger partial charge in [0.25, 0.3) is 0 Å². The molecule has 2 aromatic heterocycles. The van der Waals surface area contributed by atoms with Crippen molar-refractivity contribution < 1.29 is 4.79 Å². The third-order valence-corrected chi connectivity index (χ3v) is 5.41. The molecule has 3 aromatic rings. The molecule has 0 saturated carbocycles. The van der Waals surface area contributed by atoms with Crippen molar-refractivity contribution in [2.75, 3.05) is 11.9 Å². The molecule has 0 saturated heterocycles. The van der Waals surface area contributed by atoms with E-state index in [1.165, 1.54) is 11.1 Å². The number of amides is 1. The van der Waals surface area contributed by atoms with E-state index in [-0.39, 0.29) is 11.9 Å². The molecule has 1 atom stereocenters. The number of rotatable bonds is 5. The van der Waals surface area contributed by atoms with Crippen molar-refractivity contribution >= 4 is 22.9 Å². The first-order chi connectivity index (χ1) is 12.7. The van der Waals surface area contributed by atoms with Crippen LogP contribution in [-0.4, -0.2) is 28.5 Å². The second kappa shape index (κ2) is 7.25. The summed E-state index contributed by atoms with van der Waals surface area (Å²) in [5, 5.41) is 9.33. The number of aryl methyl sites for hydroxylation is 1. The van der Waals surface area contributed by atoms with E-state index in [4.69, 9.17) is 0 Å². The van der Waals surface area contributed by atoms with Gasteiger partial charge < -0.3 is 10.6 Å². The number of nitrogens with one attached hydrogen (secondary N) is 2. The van der Waals surface area contributed by atoms with Crippen LogP contribution in [0.1, 0.15) is 16.8 Å². The summed E-state index contributed by atoms with van der Waals surface area (Å²) >= 11 is 1.60. The predicted molar refractivity (Wildman–Crippen MR) is 104 cm³/mol. The summed E-state index contributed by atoms with van der Waals surface area (Å²) in [7, 11) is 0. The van der Waals surface area contributed by atoms with E-state index in [1.807, 2.05) is 29.8 Å². The zero-order chi connectivity index (χ0) is 17.9. The van der Waals surface area contributed by atoms with E-state index in [0.717, 1.165) is 34.8 Å². The fraction of sp³-hybridized carbons (Fsp3) is 0.250. The summed E-state index contributed by atoms with van der Waals surface area (Å²) in [4.78, 5) is 21.2. The first-order valence-corrected chi connectivity index (χ1v) is 9.55. The van der Waals surface area contributed by atoms with Gasteiger partial charge in [-0.3, -0.25) is 9.78 Å². The minimum absolute atomic E-state index is 0.0431. The molecular weight excluding hydrogens is 344 g/mol. The number of benzene rings is 1. The maximum atomic E-state index is 12.4. The molecule has 2 N–H and O–H groups in total. The predicted octanol–water partition coefficient (Wildman–Crippen LogP) is 3.21. The zero-order valence-electron chi connectivity index (χ0n) is 14.5. The lowest BCUT2D eigenvalue weighted by Crippen LogP contribution is -2.39. The van der Waals surface area contributed by atoms with Crippen LogP contribution in [0.5, 0.6) is 0 Å². The van der Waals surface area contributed by atoms with Crippen molar-refractivity contribution in [2.45, 2.75) is 25.8 Å². The Kier molecular flexibility index (Phi) is 4.67. The van der Waals surface area contributed by atoms with E-state index >= 15 is 0 Å². The van der Waals surface area contributed by atoms with Crippen LogP contribution in [0.2, 0.25) is 0 Å². The van der Waals surface area contributed by atoms with E-state index in [1.54, 1.807) is 17.5 Å². The maximum absolute atomic E-state index is 12.4. The Balaban J connectivity index is 1.29. The Bertz CT molecular complexity index is 923. The van der Waals surface area contributed by atoms with Gasteiger partial charge >= 0.3 is 0 Å². The van der Waals surface area contributed by atoms with Gasteiger partial charge in [-0.25, -0.2) is 4.98 Å². The van der Waals surface area contributed by atoms with Crippen molar-refractivity contribution in [3.8, 4) is 10.6 Å². The smallest absolute Gasteiger partial charge is 0.242 e. The molecule has 0 aliphatic carbocycles. The molecule has 1 aliphatic rings. The zero-order valence-corrected chi connectivity index (χ0v) is 15.3. The molecular formula is C20H20N4OS. The molecule has 1 aromatic carbocycles. The lowest BCUT2D eigenvalue weighted by Gasteiger charge is -2.11. The third-order valence-electron chi connectivity index (χ3n) is 4.47. The van der Waals surface area contributed by atoms with Crippen LogP contribution in [0.4, 0.5) is 5.69 Å². The second-order valence-electron chi connectivity index (χ2n) is 6.49. The molecule has 1 aliphatic heterocycles. The van der Waals surface area contributed by atoms with Gasteiger partial charge in [0.05, 0.1) is 5.69 Å². The summed E-state index contributed by atoms with van der Waals surface area (Å²) in [6.45, 7) is 2.66. The normalized spacial score (nSPS) is 15.3. The highest BCUT2D eigenvalue weighted by Crippen LogP contribution is 2.26. The van der Waals surface area contributed by atoms with Gasteiger partial charge in [-0.1, -0.05) is 17.7 Å². The molecule has 3 heterocycles. The van der Waals surface area contributed by atoms with E-state index in [0.29, 0.717) is 6.54 Å². The van der Waals surface area contributed by atoms with Crippen LogP contribution in [0, 0.1) is 6.92 Å². The molecule has 0 unspecified atom stereocenters. The number of pyridine rings is 1. The molecule has 0 spiro atoms. The Morgan fingerprint density at radius 2 is 2.31 bits per heavy atom. The van der Waals surface area contributed by atoms with Gasteiger partial charge in [-0.05, 0) is 30.7 Å². The third kappa shape index (κ3) is 3.60. The highest BCUT2D eigenvalue weighted by atomic mass is 32.1. The molecule has 0 bridgehead atoms. The van der Waals surface area contributed by atoms with E-state index in [2.05, 4.69) is 39.7 Å². The molecule has 132 valence electrons. The first-order valence-electron chi connectivity index (χ1n) is 8.67. The second-order valence-corrected chi connectivity index (χ2v) is 7.35. The molecule has 26 heavy (non-hydrogen) atoms. The van der Waals surface area contributed by atoms with Gasteiger partial charge in [-0.15, -0.1) is 11.3 Å². The van der Waals surface area contributed by atoms with Crippen molar-refractivity contribution in [3.05, 3.63) is 64.9 Å². The Morgan fingerprint density at radius 3 is 3.15 bits per heavy atom. The SMILES string of the molecule is Cc1ccc2c(c1)C[C@@H](C(=O)NCCc1csc(-c3cccnc3)n1)N2. The van der Waals surface area contributed by atoms with Gasteiger partial charge in [0, 0.05) is 48.4 Å². The quantitative estimate of drug-likeness (QED) is 0.730. The number of hydrogen-bond donors (Lipinski definition) is 2. The Morgan fingerprint density at radius 1 is 1.38 bits per heavy atom. The van der Waals surface area contributed by atoms with Crippen LogP contribution in [0.15, 0.2) is 48.1 Å². The number of fused-ring (bicyclic) bond motifs is 1. The average molecular weight is 364 g/mol. The highest BCUT2D eigenvalue weighted by Gasteiger charge is 2.26. The summed E-state index contributed by atoms with van der Waals surface area (Å²) in [5.41, 5.74) is 5.52. The van der Waals surface area contributed by atoms with Crippen LogP contribution >= 0.6 is 11.3 Å². The molecule has 4 rings (SSSR count). The first kappa shape index (κ1) is 16.7. The number of carbonyl (C=O) groups is 1. The van der Waals surface area contributed by atoms with E-state index < -0.39 is 0 Å². The fourth-order valence-electron chi connectivity index (χ4n) is 3.13. The van der Waals surface area contributed by atoms with Gasteiger partial charge in [0.1, 0.15) is 11.0 Å².